The second-order valence-electron chi connectivity index (χ2n) is 3.73. The fourth-order valence-electron chi connectivity index (χ4n) is 1.59. The molecule has 0 aromatic heterocycles. The van der Waals surface area contributed by atoms with Crippen molar-refractivity contribution in [3.8, 4) is 0 Å². The van der Waals surface area contributed by atoms with Crippen LogP contribution >= 0.6 is 23.2 Å². The Kier molecular flexibility index (Phi) is 5.96. The normalized spacial score (nSPS) is 10.5. The first kappa shape index (κ1) is 13.6. The Morgan fingerprint density at radius 1 is 1.25 bits per heavy atom. The summed E-state index contributed by atoms with van der Waals surface area (Å²) in [5.74, 6) is 0. The van der Waals surface area contributed by atoms with Gasteiger partial charge in [-0.25, -0.2) is 0 Å². The quantitative estimate of drug-likeness (QED) is 0.848. The second kappa shape index (κ2) is 7.00. The Balaban J connectivity index is 2.85. The third-order valence-corrected chi connectivity index (χ3v) is 2.98. The van der Waals surface area contributed by atoms with Gasteiger partial charge in [0.1, 0.15) is 0 Å². The van der Waals surface area contributed by atoms with Gasteiger partial charge in [0, 0.05) is 24.7 Å². The van der Waals surface area contributed by atoms with E-state index in [1.165, 1.54) is 0 Å². The molecule has 0 heterocycles. The van der Waals surface area contributed by atoms with Crippen LogP contribution in [0.15, 0.2) is 18.2 Å². The molecule has 0 aliphatic carbocycles. The van der Waals surface area contributed by atoms with E-state index in [-0.39, 0.29) is 0 Å². The first-order chi connectivity index (χ1) is 7.69. The minimum absolute atomic E-state index is 0.618. The van der Waals surface area contributed by atoms with Gasteiger partial charge in [0.2, 0.25) is 0 Å². The largest absolute Gasteiger partial charge is 0.369 e. The zero-order chi connectivity index (χ0) is 12.0. The number of hydrogen-bond donors (Lipinski definition) is 1. The minimum Gasteiger partial charge on any atom is -0.369 e. The highest BCUT2D eigenvalue weighted by atomic mass is 35.5. The highest BCUT2D eigenvalue weighted by molar-refractivity contribution is 6.35. The van der Waals surface area contributed by atoms with E-state index in [2.05, 4.69) is 11.8 Å². The fourth-order valence-corrected chi connectivity index (χ4v) is 1.99. The molecule has 1 aromatic carbocycles. The first-order valence-corrected chi connectivity index (χ1v) is 6.34. The summed E-state index contributed by atoms with van der Waals surface area (Å²) in [6.45, 7) is 4.56. The van der Waals surface area contributed by atoms with Crippen LogP contribution in [0.5, 0.6) is 0 Å². The Bertz CT molecular complexity index is 329. The lowest BCUT2D eigenvalue weighted by molar-refractivity contribution is 0.716. The van der Waals surface area contributed by atoms with Crippen LogP contribution in [0.1, 0.15) is 19.8 Å². The average Bonchev–Trinajstić information content (AvgIpc) is 2.28. The van der Waals surface area contributed by atoms with Crippen LogP contribution in [-0.4, -0.2) is 19.6 Å². The molecule has 0 spiro atoms. The van der Waals surface area contributed by atoms with E-state index in [1.807, 2.05) is 12.1 Å². The molecule has 1 aromatic rings. The van der Waals surface area contributed by atoms with Crippen LogP contribution in [-0.2, 0) is 0 Å². The highest BCUT2D eigenvalue weighted by Gasteiger charge is 2.09. The van der Waals surface area contributed by atoms with Crippen molar-refractivity contribution in [1.29, 1.82) is 0 Å². The van der Waals surface area contributed by atoms with Gasteiger partial charge >= 0.3 is 0 Å². The topological polar surface area (TPSA) is 29.3 Å². The third kappa shape index (κ3) is 3.85. The van der Waals surface area contributed by atoms with E-state index in [1.54, 1.807) is 6.07 Å². The summed E-state index contributed by atoms with van der Waals surface area (Å²) in [4.78, 5) is 2.19. The molecule has 0 amide bonds. The van der Waals surface area contributed by atoms with Crippen LogP contribution in [0.25, 0.3) is 0 Å². The van der Waals surface area contributed by atoms with Crippen molar-refractivity contribution in [1.82, 2.24) is 0 Å². The van der Waals surface area contributed by atoms with Crippen LogP contribution in [0.3, 0.4) is 0 Å². The first-order valence-electron chi connectivity index (χ1n) is 5.59. The van der Waals surface area contributed by atoms with Crippen molar-refractivity contribution in [2.75, 3.05) is 24.5 Å². The molecule has 90 valence electrons. The monoisotopic (exact) mass is 260 g/mol. The van der Waals surface area contributed by atoms with Gasteiger partial charge in [0.05, 0.1) is 10.7 Å². The number of nitrogens with two attached hydrogens (primary N) is 1. The van der Waals surface area contributed by atoms with Gasteiger partial charge in [-0.3, -0.25) is 0 Å². The Morgan fingerprint density at radius 2 is 2.00 bits per heavy atom. The van der Waals surface area contributed by atoms with Crippen molar-refractivity contribution >= 4 is 28.9 Å². The van der Waals surface area contributed by atoms with Gasteiger partial charge in [-0.2, -0.15) is 0 Å². The van der Waals surface area contributed by atoms with Gasteiger partial charge in [-0.15, -0.1) is 0 Å². The average molecular weight is 261 g/mol. The Labute approximate surface area is 107 Å². The molecule has 1 rings (SSSR count). The number of nitrogens with zero attached hydrogens (tertiary/aromatic N) is 1. The molecule has 2 nitrogen and oxygen atoms in total. The van der Waals surface area contributed by atoms with Crippen molar-refractivity contribution in [2.24, 2.45) is 5.73 Å². The van der Waals surface area contributed by atoms with Crippen molar-refractivity contribution in [3.05, 3.63) is 28.2 Å². The van der Waals surface area contributed by atoms with Gasteiger partial charge in [-0.05, 0) is 24.6 Å². The molecule has 0 fully saturated rings. The number of halogens is 2. The summed E-state index contributed by atoms with van der Waals surface area (Å²) in [6, 6.07) is 5.53. The molecule has 0 bridgehead atoms. The maximum atomic E-state index is 6.16. The molecule has 0 radical (unpaired) electrons. The molecule has 0 atom stereocenters. The maximum absolute atomic E-state index is 6.16. The van der Waals surface area contributed by atoms with E-state index < -0.39 is 0 Å². The maximum Gasteiger partial charge on any atom is 0.0640 e. The summed E-state index contributed by atoms with van der Waals surface area (Å²) in [5.41, 5.74) is 6.59. The standard InChI is InChI=1S/C12H18Cl2N2/c1-2-3-7-16(8-6-15)12-9-10(13)4-5-11(12)14/h4-5,9H,2-3,6-8,15H2,1H3. The molecular weight excluding hydrogens is 243 g/mol. The van der Waals surface area contributed by atoms with Crippen LogP contribution in [0, 0.1) is 0 Å². The predicted molar refractivity (Wildman–Crippen MR) is 72.6 cm³/mol. The third-order valence-electron chi connectivity index (χ3n) is 2.43. The van der Waals surface area contributed by atoms with E-state index in [0.717, 1.165) is 36.6 Å². The summed E-state index contributed by atoms with van der Waals surface area (Å²) >= 11 is 12.1. The van der Waals surface area contributed by atoms with Gasteiger partial charge in [0.15, 0.2) is 0 Å². The van der Waals surface area contributed by atoms with Crippen LogP contribution in [0.2, 0.25) is 10.0 Å². The zero-order valence-corrected chi connectivity index (χ0v) is 11.1. The molecule has 0 saturated carbocycles. The van der Waals surface area contributed by atoms with E-state index in [0.29, 0.717) is 11.6 Å². The predicted octanol–water partition coefficient (Wildman–Crippen LogP) is 3.56. The molecule has 0 unspecified atom stereocenters. The summed E-state index contributed by atoms with van der Waals surface area (Å²) in [5, 5.41) is 1.44. The number of anilines is 1. The zero-order valence-electron chi connectivity index (χ0n) is 9.55. The summed E-state index contributed by atoms with van der Waals surface area (Å²) in [7, 11) is 0. The molecule has 0 aliphatic rings. The number of hydrogen-bond acceptors (Lipinski definition) is 2. The molecular formula is C12H18Cl2N2. The van der Waals surface area contributed by atoms with E-state index >= 15 is 0 Å². The fraction of sp³-hybridized carbons (Fsp3) is 0.500. The van der Waals surface area contributed by atoms with Gasteiger partial charge < -0.3 is 10.6 Å². The molecule has 16 heavy (non-hydrogen) atoms. The van der Waals surface area contributed by atoms with Gasteiger partial charge in [-0.1, -0.05) is 36.5 Å². The SMILES string of the molecule is CCCCN(CCN)c1cc(Cl)ccc1Cl. The lowest BCUT2D eigenvalue weighted by Gasteiger charge is -2.25. The molecule has 0 saturated heterocycles. The Hall–Kier alpha value is -0.440. The van der Waals surface area contributed by atoms with Crippen molar-refractivity contribution < 1.29 is 0 Å². The number of rotatable bonds is 6. The minimum atomic E-state index is 0.618. The van der Waals surface area contributed by atoms with E-state index in [4.69, 9.17) is 28.9 Å². The smallest absolute Gasteiger partial charge is 0.0640 e. The molecule has 4 heteroatoms. The second-order valence-corrected chi connectivity index (χ2v) is 4.57. The lowest BCUT2D eigenvalue weighted by Crippen LogP contribution is -2.30. The summed E-state index contributed by atoms with van der Waals surface area (Å²) < 4.78 is 0. The molecule has 2 N–H and O–H groups in total. The highest BCUT2D eigenvalue weighted by Crippen LogP contribution is 2.29. The number of unbranched alkanes of at least 4 members (excludes halogenated alkanes) is 1. The van der Waals surface area contributed by atoms with Crippen molar-refractivity contribution in [3.63, 3.8) is 0 Å². The Morgan fingerprint density at radius 3 is 2.62 bits per heavy atom. The summed E-state index contributed by atoms with van der Waals surface area (Å²) in [6.07, 6.45) is 2.28. The van der Waals surface area contributed by atoms with E-state index in [9.17, 15) is 0 Å². The number of benzene rings is 1. The van der Waals surface area contributed by atoms with Gasteiger partial charge in [0.25, 0.3) is 0 Å². The van der Waals surface area contributed by atoms with Crippen LogP contribution in [0.4, 0.5) is 5.69 Å². The molecule has 0 aliphatic heterocycles. The lowest BCUT2D eigenvalue weighted by atomic mass is 10.2. The van der Waals surface area contributed by atoms with Crippen LogP contribution < -0.4 is 10.6 Å². The van der Waals surface area contributed by atoms with Crippen molar-refractivity contribution in [2.45, 2.75) is 19.8 Å².